The van der Waals surface area contributed by atoms with E-state index in [-0.39, 0.29) is 24.4 Å². The number of rotatable bonds is 12. The zero-order valence-electron chi connectivity index (χ0n) is 22.6. The predicted molar refractivity (Wildman–Crippen MR) is 157 cm³/mol. The van der Waals surface area contributed by atoms with E-state index in [0.717, 1.165) is 16.1 Å². The average molecular weight is 609 g/mol. The van der Waals surface area contributed by atoms with Gasteiger partial charge in [0.15, 0.2) is 11.5 Å². The van der Waals surface area contributed by atoms with E-state index in [1.165, 1.54) is 38.3 Å². The Morgan fingerprint density at radius 1 is 0.925 bits per heavy atom. The van der Waals surface area contributed by atoms with Crippen molar-refractivity contribution >= 4 is 50.7 Å². The molecular formula is C28H31Cl2N3O6S. The molecule has 0 saturated carbocycles. The van der Waals surface area contributed by atoms with Crippen molar-refractivity contribution in [2.45, 2.75) is 19.0 Å². The van der Waals surface area contributed by atoms with E-state index < -0.39 is 34.4 Å². The predicted octanol–water partition coefficient (Wildman–Crippen LogP) is 4.16. The molecule has 3 rings (SSSR count). The molecule has 0 spiro atoms. The number of halogens is 2. The van der Waals surface area contributed by atoms with Gasteiger partial charge in [-0.3, -0.25) is 13.9 Å². The molecule has 0 aromatic heterocycles. The second kappa shape index (κ2) is 13.7. The Bertz CT molecular complexity index is 1430. The van der Waals surface area contributed by atoms with E-state index >= 15 is 0 Å². The first-order chi connectivity index (χ1) is 19.0. The highest BCUT2D eigenvalue weighted by Gasteiger charge is 2.33. The van der Waals surface area contributed by atoms with Gasteiger partial charge in [0.2, 0.25) is 21.8 Å². The minimum Gasteiger partial charge on any atom is -0.493 e. The second-order valence-electron chi connectivity index (χ2n) is 8.85. The molecule has 40 heavy (non-hydrogen) atoms. The normalized spacial score (nSPS) is 11.8. The van der Waals surface area contributed by atoms with Crippen LogP contribution in [0.5, 0.6) is 11.5 Å². The lowest BCUT2D eigenvalue weighted by Gasteiger charge is -2.33. The molecule has 1 N–H and O–H groups in total. The van der Waals surface area contributed by atoms with Crippen LogP contribution >= 0.6 is 23.2 Å². The van der Waals surface area contributed by atoms with Gasteiger partial charge in [0.1, 0.15) is 12.6 Å². The van der Waals surface area contributed by atoms with Gasteiger partial charge in [0, 0.05) is 41.7 Å². The van der Waals surface area contributed by atoms with Gasteiger partial charge >= 0.3 is 0 Å². The zero-order valence-corrected chi connectivity index (χ0v) is 24.9. The first-order valence-electron chi connectivity index (χ1n) is 12.2. The molecular weight excluding hydrogens is 577 g/mol. The highest BCUT2D eigenvalue weighted by Crippen LogP contribution is 2.33. The molecule has 0 radical (unpaired) electrons. The van der Waals surface area contributed by atoms with Crippen LogP contribution < -0.4 is 19.1 Å². The lowest BCUT2D eigenvalue weighted by atomic mass is 10.0. The largest absolute Gasteiger partial charge is 0.493 e. The van der Waals surface area contributed by atoms with Gasteiger partial charge in [-0.05, 0) is 29.8 Å². The van der Waals surface area contributed by atoms with Crippen LogP contribution in [0.2, 0.25) is 10.0 Å². The maximum atomic E-state index is 14.0. The first kappa shape index (κ1) is 31.1. The molecule has 3 aromatic rings. The minimum atomic E-state index is -3.95. The number of hydrogen-bond donors (Lipinski definition) is 1. The topological polar surface area (TPSA) is 105 Å². The third kappa shape index (κ3) is 7.59. The van der Waals surface area contributed by atoms with Crippen LogP contribution in [-0.2, 0) is 32.6 Å². The van der Waals surface area contributed by atoms with Gasteiger partial charge in [-0.1, -0.05) is 59.6 Å². The van der Waals surface area contributed by atoms with Crippen molar-refractivity contribution in [1.29, 1.82) is 0 Å². The molecule has 1 atom stereocenters. The smallest absolute Gasteiger partial charge is 0.244 e. The van der Waals surface area contributed by atoms with Crippen LogP contribution in [0.3, 0.4) is 0 Å². The lowest BCUT2D eigenvalue weighted by molar-refractivity contribution is -0.139. The molecule has 214 valence electrons. The summed E-state index contributed by atoms with van der Waals surface area (Å²) in [5.74, 6) is -0.394. The van der Waals surface area contributed by atoms with Crippen LogP contribution in [0.4, 0.5) is 5.69 Å². The molecule has 0 aliphatic carbocycles. The number of anilines is 1. The van der Waals surface area contributed by atoms with E-state index in [0.29, 0.717) is 21.4 Å². The summed E-state index contributed by atoms with van der Waals surface area (Å²) in [6.07, 6.45) is 1.16. The summed E-state index contributed by atoms with van der Waals surface area (Å²) in [6.45, 7) is -0.732. The minimum absolute atomic E-state index is 0.133. The SMILES string of the molecule is CNC(=O)C(Cc1ccccc1)N(Cc1c(Cl)cccc1Cl)C(=O)CN(c1ccc(OC)c(OC)c1)S(C)(=O)=O. The number of ether oxygens (including phenoxy) is 2. The number of sulfonamides is 1. The van der Waals surface area contributed by atoms with Gasteiger partial charge in [-0.25, -0.2) is 8.42 Å². The molecule has 0 bridgehead atoms. The molecule has 0 aliphatic rings. The molecule has 0 fully saturated rings. The number of hydrogen-bond acceptors (Lipinski definition) is 6. The van der Waals surface area contributed by atoms with Gasteiger partial charge < -0.3 is 19.7 Å². The van der Waals surface area contributed by atoms with Gasteiger partial charge in [-0.2, -0.15) is 0 Å². The third-order valence-electron chi connectivity index (χ3n) is 6.24. The van der Waals surface area contributed by atoms with E-state index in [9.17, 15) is 18.0 Å². The fraction of sp³-hybridized carbons (Fsp3) is 0.286. The summed E-state index contributed by atoms with van der Waals surface area (Å²) in [4.78, 5) is 28.5. The number of amides is 2. The maximum absolute atomic E-state index is 14.0. The van der Waals surface area contributed by atoms with Crippen LogP contribution in [-0.4, -0.2) is 65.2 Å². The van der Waals surface area contributed by atoms with Gasteiger partial charge in [-0.15, -0.1) is 0 Å². The number of nitrogens with zero attached hydrogens (tertiary/aromatic N) is 2. The number of methoxy groups -OCH3 is 2. The lowest BCUT2D eigenvalue weighted by Crippen LogP contribution is -2.53. The summed E-state index contributed by atoms with van der Waals surface area (Å²) in [7, 11) is 0.394. The highest BCUT2D eigenvalue weighted by atomic mass is 35.5. The Hall–Kier alpha value is -3.47. The quantitative estimate of drug-likeness (QED) is 0.331. The van der Waals surface area contributed by atoms with Gasteiger partial charge in [0.05, 0.1) is 26.2 Å². The van der Waals surface area contributed by atoms with Crippen molar-refractivity contribution in [3.05, 3.63) is 87.9 Å². The number of carbonyl (C=O) groups excluding carboxylic acids is 2. The molecule has 0 aliphatic heterocycles. The summed E-state index contributed by atoms with van der Waals surface area (Å²) in [5.41, 5.74) is 1.42. The number of benzene rings is 3. The standard InChI is InChI=1S/C28H31Cl2N3O6S/c1-31-28(35)24(15-19-9-6-5-7-10-19)32(17-21-22(29)11-8-12-23(21)30)27(34)18-33(40(4,36)37)20-13-14-25(38-2)26(16-20)39-3/h5-14,16,24H,15,17-18H2,1-4H3,(H,31,35). The van der Waals surface area contributed by atoms with E-state index in [2.05, 4.69) is 5.32 Å². The number of nitrogens with one attached hydrogen (secondary N) is 1. The monoisotopic (exact) mass is 607 g/mol. The maximum Gasteiger partial charge on any atom is 0.244 e. The van der Waals surface area contributed by atoms with Crippen molar-refractivity contribution in [3.8, 4) is 11.5 Å². The Kier molecular flexibility index (Phi) is 10.7. The van der Waals surface area contributed by atoms with E-state index in [4.69, 9.17) is 32.7 Å². The molecule has 0 heterocycles. The average Bonchev–Trinajstić information content (AvgIpc) is 2.93. The Morgan fingerprint density at radius 3 is 2.10 bits per heavy atom. The van der Waals surface area contributed by atoms with Crippen LogP contribution in [0.15, 0.2) is 66.7 Å². The van der Waals surface area contributed by atoms with Crippen molar-refractivity contribution in [3.63, 3.8) is 0 Å². The van der Waals surface area contributed by atoms with Crippen LogP contribution in [0, 0.1) is 0 Å². The zero-order chi connectivity index (χ0) is 29.4. The first-order valence-corrected chi connectivity index (χ1v) is 14.8. The summed E-state index contributed by atoms with van der Waals surface area (Å²) in [6, 6.07) is 17.6. The van der Waals surface area contributed by atoms with Crippen molar-refractivity contribution < 1.29 is 27.5 Å². The van der Waals surface area contributed by atoms with E-state index in [1.807, 2.05) is 30.3 Å². The van der Waals surface area contributed by atoms with Crippen molar-refractivity contribution in [1.82, 2.24) is 10.2 Å². The Labute approximate surface area is 244 Å². The summed E-state index contributed by atoms with van der Waals surface area (Å²) >= 11 is 12.9. The van der Waals surface area contributed by atoms with Crippen molar-refractivity contribution in [2.75, 3.05) is 38.4 Å². The second-order valence-corrected chi connectivity index (χ2v) is 11.6. The highest BCUT2D eigenvalue weighted by molar-refractivity contribution is 7.92. The van der Waals surface area contributed by atoms with Gasteiger partial charge in [0.25, 0.3) is 0 Å². The molecule has 0 saturated heterocycles. The third-order valence-corrected chi connectivity index (χ3v) is 8.09. The fourth-order valence-electron chi connectivity index (χ4n) is 4.17. The summed E-state index contributed by atoms with van der Waals surface area (Å²) < 4.78 is 37.4. The molecule has 12 heteroatoms. The fourth-order valence-corrected chi connectivity index (χ4v) is 5.53. The molecule has 3 aromatic carbocycles. The Morgan fingerprint density at radius 2 is 1.55 bits per heavy atom. The summed E-state index contributed by atoms with van der Waals surface area (Å²) in [5, 5.41) is 3.23. The molecule has 2 amide bonds. The number of likely N-dealkylation sites (N-methyl/N-ethyl adjacent to an activating group) is 1. The molecule has 9 nitrogen and oxygen atoms in total. The van der Waals surface area contributed by atoms with Crippen molar-refractivity contribution in [2.24, 2.45) is 0 Å². The van der Waals surface area contributed by atoms with Crippen LogP contribution in [0.25, 0.3) is 0 Å². The van der Waals surface area contributed by atoms with E-state index in [1.54, 1.807) is 24.3 Å². The Balaban J connectivity index is 2.09. The van der Waals surface area contributed by atoms with Crippen LogP contribution in [0.1, 0.15) is 11.1 Å². The number of carbonyl (C=O) groups is 2. The molecule has 1 unspecified atom stereocenters.